The minimum atomic E-state index is 0.544. The molecular weight excluding hydrogens is 200 g/mol. The van der Waals surface area contributed by atoms with E-state index in [0.717, 1.165) is 18.1 Å². The lowest BCUT2D eigenvalue weighted by atomic mass is 10.0. The Labute approximate surface area is 93.1 Å². The van der Waals surface area contributed by atoms with Gasteiger partial charge in [0.15, 0.2) is 0 Å². The second kappa shape index (κ2) is 9.19. The van der Waals surface area contributed by atoms with Gasteiger partial charge in [-0.1, -0.05) is 0 Å². The second-order valence-electron chi connectivity index (χ2n) is 3.35. The fourth-order valence-corrected chi connectivity index (χ4v) is 1.99. The lowest BCUT2D eigenvalue weighted by Crippen LogP contribution is -2.29. The summed E-state index contributed by atoms with van der Waals surface area (Å²) in [5, 5.41) is 6.44. The predicted molar refractivity (Wildman–Crippen MR) is 67.2 cm³/mol. The van der Waals surface area contributed by atoms with Gasteiger partial charge >= 0.3 is 0 Å². The maximum absolute atomic E-state index is 4.33. The summed E-state index contributed by atoms with van der Waals surface area (Å²) in [5.74, 6) is 2.56. The molecule has 0 saturated heterocycles. The summed E-state index contributed by atoms with van der Waals surface area (Å²) < 4.78 is 0. The minimum Gasteiger partial charge on any atom is -0.319 e. The van der Waals surface area contributed by atoms with Gasteiger partial charge in [0.1, 0.15) is 0 Å². The van der Waals surface area contributed by atoms with E-state index >= 15 is 0 Å². The third-order valence-electron chi connectivity index (χ3n) is 2.30. The summed E-state index contributed by atoms with van der Waals surface area (Å²) in [4.78, 5) is 0. The highest BCUT2D eigenvalue weighted by molar-refractivity contribution is 7.80. The SMILES string of the molecule is CNC[C@@H](CS)CC[C@H](CS)NC. The van der Waals surface area contributed by atoms with E-state index in [1.165, 1.54) is 12.8 Å². The Bertz CT molecular complexity index is 108. The largest absolute Gasteiger partial charge is 0.319 e. The molecule has 80 valence electrons. The molecule has 2 N–H and O–H groups in total. The predicted octanol–water partition coefficient (Wildman–Crippen LogP) is 1.05. The summed E-state index contributed by atoms with van der Waals surface area (Å²) in [6.07, 6.45) is 2.41. The molecule has 0 aromatic rings. The quantitative estimate of drug-likeness (QED) is 0.462. The molecule has 0 amide bonds. The first-order valence-electron chi connectivity index (χ1n) is 4.82. The van der Waals surface area contributed by atoms with E-state index in [0.29, 0.717) is 12.0 Å². The van der Waals surface area contributed by atoms with E-state index in [4.69, 9.17) is 0 Å². The third-order valence-corrected chi connectivity index (χ3v) is 3.26. The molecule has 0 fully saturated rings. The van der Waals surface area contributed by atoms with Crippen LogP contribution in [0.3, 0.4) is 0 Å². The molecule has 2 nitrogen and oxygen atoms in total. The Kier molecular flexibility index (Phi) is 9.62. The van der Waals surface area contributed by atoms with Crippen molar-refractivity contribution >= 4 is 25.3 Å². The van der Waals surface area contributed by atoms with E-state index in [1.54, 1.807) is 0 Å². The van der Waals surface area contributed by atoms with E-state index in [1.807, 2.05) is 14.1 Å². The summed E-state index contributed by atoms with van der Waals surface area (Å²) in [7, 11) is 3.99. The second-order valence-corrected chi connectivity index (χ2v) is 4.08. The van der Waals surface area contributed by atoms with Crippen molar-refractivity contribution in [2.75, 3.05) is 32.1 Å². The van der Waals surface area contributed by atoms with Crippen LogP contribution in [0.15, 0.2) is 0 Å². The zero-order chi connectivity index (χ0) is 10.1. The Morgan fingerprint density at radius 2 is 1.77 bits per heavy atom. The average Bonchev–Trinajstić information content (AvgIpc) is 2.17. The van der Waals surface area contributed by atoms with Gasteiger partial charge in [-0.2, -0.15) is 25.3 Å². The molecule has 0 aromatic heterocycles. The molecule has 0 bridgehead atoms. The van der Waals surface area contributed by atoms with Crippen molar-refractivity contribution in [3.05, 3.63) is 0 Å². The first-order chi connectivity index (χ1) is 6.28. The molecule has 13 heavy (non-hydrogen) atoms. The molecule has 0 heterocycles. The molecule has 0 spiro atoms. The lowest BCUT2D eigenvalue weighted by molar-refractivity contribution is 0.448. The fourth-order valence-electron chi connectivity index (χ4n) is 1.31. The third kappa shape index (κ3) is 6.66. The van der Waals surface area contributed by atoms with Crippen LogP contribution in [0.25, 0.3) is 0 Å². The highest BCUT2D eigenvalue weighted by Gasteiger charge is 2.09. The van der Waals surface area contributed by atoms with E-state index < -0.39 is 0 Å². The van der Waals surface area contributed by atoms with Gasteiger partial charge < -0.3 is 10.6 Å². The molecule has 0 rings (SSSR count). The summed E-state index contributed by atoms with van der Waals surface area (Å²) in [5.41, 5.74) is 0. The van der Waals surface area contributed by atoms with Crippen LogP contribution < -0.4 is 10.6 Å². The maximum Gasteiger partial charge on any atom is 0.0152 e. The zero-order valence-electron chi connectivity index (χ0n) is 8.58. The van der Waals surface area contributed by atoms with Crippen LogP contribution in [0, 0.1) is 5.92 Å². The van der Waals surface area contributed by atoms with Crippen LogP contribution in [0.1, 0.15) is 12.8 Å². The average molecular weight is 222 g/mol. The Morgan fingerprint density at radius 1 is 1.08 bits per heavy atom. The summed E-state index contributed by atoms with van der Waals surface area (Å²) in [6, 6.07) is 0.544. The smallest absolute Gasteiger partial charge is 0.0152 e. The van der Waals surface area contributed by atoms with Crippen molar-refractivity contribution in [2.24, 2.45) is 5.92 Å². The number of rotatable bonds is 8. The molecule has 0 aliphatic carbocycles. The molecule has 2 atom stereocenters. The molecule has 0 aliphatic rings. The number of nitrogens with one attached hydrogen (secondary N) is 2. The van der Waals surface area contributed by atoms with Crippen molar-refractivity contribution in [3.8, 4) is 0 Å². The van der Waals surface area contributed by atoms with Gasteiger partial charge in [-0.3, -0.25) is 0 Å². The minimum absolute atomic E-state index is 0.544. The normalized spacial score (nSPS) is 15.7. The molecule has 0 saturated carbocycles. The Morgan fingerprint density at radius 3 is 2.15 bits per heavy atom. The van der Waals surface area contributed by atoms with Gasteiger partial charge in [0.25, 0.3) is 0 Å². The highest BCUT2D eigenvalue weighted by Crippen LogP contribution is 2.10. The molecule has 0 radical (unpaired) electrons. The van der Waals surface area contributed by atoms with Crippen LogP contribution in [0.4, 0.5) is 0 Å². The van der Waals surface area contributed by atoms with Gasteiger partial charge in [-0.05, 0) is 45.2 Å². The number of hydrogen-bond acceptors (Lipinski definition) is 4. The topological polar surface area (TPSA) is 24.1 Å². The van der Waals surface area contributed by atoms with E-state index in [-0.39, 0.29) is 0 Å². The monoisotopic (exact) mass is 222 g/mol. The number of hydrogen-bond donors (Lipinski definition) is 4. The first-order valence-corrected chi connectivity index (χ1v) is 6.08. The first kappa shape index (κ1) is 13.6. The molecule has 4 heteroatoms. The van der Waals surface area contributed by atoms with Gasteiger partial charge in [-0.25, -0.2) is 0 Å². The van der Waals surface area contributed by atoms with Crippen LogP contribution in [0.5, 0.6) is 0 Å². The van der Waals surface area contributed by atoms with Crippen molar-refractivity contribution < 1.29 is 0 Å². The summed E-state index contributed by atoms with van der Waals surface area (Å²) in [6.45, 7) is 1.06. The van der Waals surface area contributed by atoms with Crippen molar-refractivity contribution in [3.63, 3.8) is 0 Å². The molecule has 0 unspecified atom stereocenters. The van der Waals surface area contributed by atoms with Crippen LogP contribution in [0.2, 0.25) is 0 Å². The molecule has 0 aliphatic heterocycles. The Balaban J connectivity index is 3.56. The zero-order valence-corrected chi connectivity index (χ0v) is 10.4. The van der Waals surface area contributed by atoms with Crippen molar-refractivity contribution in [1.82, 2.24) is 10.6 Å². The van der Waals surface area contributed by atoms with Crippen molar-refractivity contribution in [1.29, 1.82) is 0 Å². The standard InChI is InChI=1S/C9H22N2S2/c1-10-5-8(6-12)3-4-9(7-13)11-2/h8-13H,3-7H2,1-2H3/t8-,9+/m0/s1. The van der Waals surface area contributed by atoms with Crippen LogP contribution >= 0.6 is 25.3 Å². The van der Waals surface area contributed by atoms with Gasteiger partial charge in [0.05, 0.1) is 0 Å². The maximum atomic E-state index is 4.33. The van der Waals surface area contributed by atoms with Crippen molar-refractivity contribution in [2.45, 2.75) is 18.9 Å². The van der Waals surface area contributed by atoms with Crippen LogP contribution in [-0.2, 0) is 0 Å². The highest BCUT2D eigenvalue weighted by atomic mass is 32.1. The van der Waals surface area contributed by atoms with E-state index in [2.05, 4.69) is 35.9 Å². The Hall–Kier alpha value is 0.620. The van der Waals surface area contributed by atoms with Gasteiger partial charge in [0.2, 0.25) is 0 Å². The fraction of sp³-hybridized carbons (Fsp3) is 1.00. The van der Waals surface area contributed by atoms with Crippen LogP contribution in [-0.4, -0.2) is 38.2 Å². The van der Waals surface area contributed by atoms with E-state index in [9.17, 15) is 0 Å². The van der Waals surface area contributed by atoms with Gasteiger partial charge in [0, 0.05) is 11.8 Å². The molecule has 0 aromatic carbocycles. The molecular formula is C9H22N2S2. The number of thiol groups is 2. The lowest BCUT2D eigenvalue weighted by Gasteiger charge is -2.18. The van der Waals surface area contributed by atoms with Gasteiger partial charge in [-0.15, -0.1) is 0 Å². The summed E-state index contributed by atoms with van der Waals surface area (Å²) >= 11 is 8.61.